The second kappa shape index (κ2) is 5.59. The Kier molecular flexibility index (Phi) is 3.88. The van der Waals surface area contributed by atoms with Crippen LogP contribution in [0.2, 0.25) is 0 Å². The third kappa shape index (κ3) is 3.14. The number of hydrogen-bond donors (Lipinski definition) is 2. The number of aromatic nitrogens is 1. The zero-order chi connectivity index (χ0) is 12.1. The van der Waals surface area contributed by atoms with Crippen molar-refractivity contribution in [2.24, 2.45) is 0 Å². The summed E-state index contributed by atoms with van der Waals surface area (Å²) in [6.45, 7) is 0. The first-order chi connectivity index (χ1) is 8.31. The van der Waals surface area contributed by atoms with Gasteiger partial charge in [-0.1, -0.05) is 12.1 Å². The minimum Gasteiger partial charge on any atom is -0.373 e. The molecule has 0 saturated carbocycles. The van der Waals surface area contributed by atoms with Gasteiger partial charge >= 0.3 is 0 Å². The van der Waals surface area contributed by atoms with Crippen LogP contribution >= 0.6 is 11.8 Å². The molecule has 0 spiro atoms. The fourth-order valence-electron chi connectivity index (χ4n) is 1.49. The van der Waals surface area contributed by atoms with E-state index >= 15 is 0 Å². The zero-order valence-corrected chi connectivity index (χ0v) is 10.7. The monoisotopic (exact) mass is 245 g/mol. The van der Waals surface area contributed by atoms with E-state index in [9.17, 15) is 0 Å². The van der Waals surface area contributed by atoms with E-state index in [1.165, 1.54) is 4.90 Å². The average Bonchev–Trinajstić information content (AvgIpc) is 2.39. The molecule has 0 aliphatic rings. The van der Waals surface area contributed by atoms with Crippen molar-refractivity contribution in [2.75, 3.05) is 23.9 Å². The Labute approximate surface area is 106 Å². The lowest BCUT2D eigenvalue weighted by Crippen LogP contribution is -1.97. The van der Waals surface area contributed by atoms with Crippen LogP contribution in [0.4, 0.5) is 17.3 Å². The first kappa shape index (κ1) is 11.8. The molecule has 0 fully saturated rings. The molecule has 1 aromatic heterocycles. The summed E-state index contributed by atoms with van der Waals surface area (Å²) in [5.41, 5.74) is 1.05. The van der Waals surface area contributed by atoms with Crippen LogP contribution in [0.3, 0.4) is 0 Å². The summed E-state index contributed by atoms with van der Waals surface area (Å²) in [6, 6.07) is 14.1. The van der Waals surface area contributed by atoms with E-state index in [0.717, 1.165) is 17.3 Å². The normalized spacial score (nSPS) is 10.0. The maximum atomic E-state index is 4.41. The SMILES string of the molecule is CNc1cccc(Nc2cccc(SC)c2)n1. The number of anilines is 3. The Morgan fingerprint density at radius 1 is 1.06 bits per heavy atom. The molecule has 2 N–H and O–H groups in total. The first-order valence-corrected chi connectivity index (χ1v) is 6.60. The second-order valence-electron chi connectivity index (χ2n) is 3.52. The van der Waals surface area contributed by atoms with Crippen molar-refractivity contribution in [3.8, 4) is 0 Å². The molecule has 1 aromatic carbocycles. The molecular weight excluding hydrogens is 230 g/mol. The lowest BCUT2D eigenvalue weighted by Gasteiger charge is -2.08. The van der Waals surface area contributed by atoms with Gasteiger partial charge in [0, 0.05) is 17.6 Å². The smallest absolute Gasteiger partial charge is 0.132 e. The molecule has 0 radical (unpaired) electrons. The highest BCUT2D eigenvalue weighted by molar-refractivity contribution is 7.98. The molecule has 0 aliphatic heterocycles. The standard InChI is InChI=1S/C13H15N3S/c1-14-12-7-4-8-13(16-12)15-10-5-3-6-11(9-10)17-2/h3-9H,1-2H3,(H2,14,15,16). The third-order valence-corrected chi connectivity index (χ3v) is 3.07. The highest BCUT2D eigenvalue weighted by Crippen LogP contribution is 2.21. The van der Waals surface area contributed by atoms with E-state index in [1.54, 1.807) is 11.8 Å². The van der Waals surface area contributed by atoms with E-state index < -0.39 is 0 Å². The van der Waals surface area contributed by atoms with Crippen LogP contribution in [0.5, 0.6) is 0 Å². The molecule has 3 nitrogen and oxygen atoms in total. The summed E-state index contributed by atoms with van der Waals surface area (Å²) in [5.74, 6) is 1.70. The molecule has 1 heterocycles. The Balaban J connectivity index is 2.18. The van der Waals surface area contributed by atoms with Crippen LogP contribution in [-0.4, -0.2) is 18.3 Å². The van der Waals surface area contributed by atoms with Crippen molar-refractivity contribution in [3.63, 3.8) is 0 Å². The maximum absolute atomic E-state index is 4.41. The van der Waals surface area contributed by atoms with Crippen LogP contribution in [0.25, 0.3) is 0 Å². The van der Waals surface area contributed by atoms with Crippen molar-refractivity contribution in [3.05, 3.63) is 42.5 Å². The summed E-state index contributed by atoms with van der Waals surface area (Å²) >= 11 is 1.73. The molecule has 2 rings (SSSR count). The molecule has 0 amide bonds. The molecule has 4 heteroatoms. The van der Waals surface area contributed by atoms with Crippen LogP contribution < -0.4 is 10.6 Å². The molecule has 2 aromatic rings. The fraction of sp³-hybridized carbons (Fsp3) is 0.154. The van der Waals surface area contributed by atoms with Crippen molar-refractivity contribution in [1.29, 1.82) is 0 Å². The van der Waals surface area contributed by atoms with Crippen LogP contribution in [-0.2, 0) is 0 Å². The maximum Gasteiger partial charge on any atom is 0.132 e. The molecule has 0 saturated heterocycles. The third-order valence-electron chi connectivity index (χ3n) is 2.35. The summed E-state index contributed by atoms with van der Waals surface area (Å²) < 4.78 is 0. The highest BCUT2D eigenvalue weighted by Gasteiger charge is 1.98. The van der Waals surface area contributed by atoms with Gasteiger partial charge in [0.25, 0.3) is 0 Å². The van der Waals surface area contributed by atoms with Crippen molar-refractivity contribution in [2.45, 2.75) is 4.90 Å². The fourth-order valence-corrected chi connectivity index (χ4v) is 1.95. The van der Waals surface area contributed by atoms with Crippen molar-refractivity contribution >= 4 is 29.1 Å². The number of thioether (sulfide) groups is 1. The molecule has 0 unspecified atom stereocenters. The van der Waals surface area contributed by atoms with Gasteiger partial charge in [0.05, 0.1) is 0 Å². The van der Waals surface area contributed by atoms with Crippen LogP contribution in [0, 0.1) is 0 Å². The number of rotatable bonds is 4. The van der Waals surface area contributed by atoms with E-state index in [-0.39, 0.29) is 0 Å². The van der Waals surface area contributed by atoms with Gasteiger partial charge in [0.1, 0.15) is 11.6 Å². The predicted octanol–water partition coefficient (Wildman–Crippen LogP) is 3.59. The van der Waals surface area contributed by atoms with Gasteiger partial charge in [0.2, 0.25) is 0 Å². The van der Waals surface area contributed by atoms with E-state index in [1.807, 2.05) is 37.4 Å². The summed E-state index contributed by atoms with van der Waals surface area (Å²) in [6.07, 6.45) is 2.07. The zero-order valence-electron chi connectivity index (χ0n) is 9.90. The first-order valence-electron chi connectivity index (χ1n) is 5.37. The summed E-state index contributed by atoms with van der Waals surface area (Å²) in [4.78, 5) is 5.65. The lowest BCUT2D eigenvalue weighted by atomic mass is 10.3. The van der Waals surface area contributed by atoms with E-state index in [4.69, 9.17) is 0 Å². The quantitative estimate of drug-likeness (QED) is 0.807. The Morgan fingerprint density at radius 3 is 2.59 bits per heavy atom. The minimum absolute atomic E-state index is 0.843. The largest absolute Gasteiger partial charge is 0.373 e. The van der Waals surface area contributed by atoms with Gasteiger partial charge < -0.3 is 10.6 Å². The van der Waals surface area contributed by atoms with Gasteiger partial charge in [0.15, 0.2) is 0 Å². The van der Waals surface area contributed by atoms with Crippen LogP contribution in [0.15, 0.2) is 47.4 Å². The van der Waals surface area contributed by atoms with E-state index in [0.29, 0.717) is 0 Å². The number of nitrogens with zero attached hydrogens (tertiary/aromatic N) is 1. The summed E-state index contributed by atoms with van der Waals surface area (Å²) in [5, 5.41) is 6.31. The number of nitrogens with one attached hydrogen (secondary N) is 2. The van der Waals surface area contributed by atoms with Crippen molar-refractivity contribution in [1.82, 2.24) is 4.98 Å². The average molecular weight is 245 g/mol. The molecule has 88 valence electrons. The van der Waals surface area contributed by atoms with Gasteiger partial charge in [-0.05, 0) is 36.6 Å². The van der Waals surface area contributed by atoms with Crippen LogP contribution in [0.1, 0.15) is 0 Å². The number of pyridine rings is 1. The topological polar surface area (TPSA) is 37.0 Å². The van der Waals surface area contributed by atoms with Gasteiger partial charge in [-0.2, -0.15) is 0 Å². The van der Waals surface area contributed by atoms with Gasteiger partial charge in [-0.25, -0.2) is 4.98 Å². The number of hydrogen-bond acceptors (Lipinski definition) is 4. The molecule has 17 heavy (non-hydrogen) atoms. The lowest BCUT2D eigenvalue weighted by molar-refractivity contribution is 1.27. The van der Waals surface area contributed by atoms with Gasteiger partial charge in [-0.3, -0.25) is 0 Å². The number of benzene rings is 1. The minimum atomic E-state index is 0.843. The Hall–Kier alpha value is -1.68. The predicted molar refractivity (Wildman–Crippen MR) is 75.3 cm³/mol. The highest BCUT2D eigenvalue weighted by atomic mass is 32.2. The van der Waals surface area contributed by atoms with Gasteiger partial charge in [-0.15, -0.1) is 11.8 Å². The molecule has 0 aliphatic carbocycles. The van der Waals surface area contributed by atoms with E-state index in [2.05, 4.69) is 34.0 Å². The summed E-state index contributed by atoms with van der Waals surface area (Å²) in [7, 11) is 1.86. The molecule has 0 atom stereocenters. The molecule has 0 bridgehead atoms. The Morgan fingerprint density at radius 2 is 1.82 bits per heavy atom. The molecular formula is C13H15N3S. The second-order valence-corrected chi connectivity index (χ2v) is 4.39. The van der Waals surface area contributed by atoms with Crippen molar-refractivity contribution < 1.29 is 0 Å². The Bertz CT molecular complexity index is 454.